The molecule has 3 heterocycles. The molecular formula is C17H21N5. The molecule has 2 aromatic heterocycles. The molecule has 0 spiro atoms. The summed E-state index contributed by atoms with van der Waals surface area (Å²) in [4.78, 5) is 2.53. The number of fused-ring (bicyclic) bond motifs is 1. The van der Waals surface area contributed by atoms with Crippen LogP contribution in [0.1, 0.15) is 25.1 Å². The summed E-state index contributed by atoms with van der Waals surface area (Å²) in [6, 6.07) is 9.44. The molecule has 1 aromatic carbocycles. The highest BCUT2D eigenvalue weighted by Gasteiger charge is 2.24. The van der Waals surface area contributed by atoms with E-state index in [1.54, 1.807) is 12.7 Å². The molecule has 5 nitrogen and oxygen atoms in total. The van der Waals surface area contributed by atoms with Crippen LogP contribution in [-0.2, 0) is 0 Å². The second-order valence-corrected chi connectivity index (χ2v) is 6.10. The van der Waals surface area contributed by atoms with Gasteiger partial charge < -0.3 is 9.47 Å². The largest absolute Gasteiger partial charge is 0.340 e. The maximum absolute atomic E-state index is 3.90. The summed E-state index contributed by atoms with van der Waals surface area (Å²) in [5, 5.41) is 9.12. The van der Waals surface area contributed by atoms with Crippen LogP contribution in [0.4, 0.5) is 0 Å². The average molecular weight is 295 g/mol. The summed E-state index contributed by atoms with van der Waals surface area (Å²) < 4.78 is 4.47. The fraction of sp³-hybridized carbons (Fsp3) is 0.412. The predicted molar refractivity (Wildman–Crippen MR) is 87.4 cm³/mol. The van der Waals surface area contributed by atoms with Crippen molar-refractivity contribution >= 4 is 10.9 Å². The third-order valence-corrected chi connectivity index (χ3v) is 4.79. The number of nitrogens with zero attached hydrogens (tertiary/aromatic N) is 5. The van der Waals surface area contributed by atoms with E-state index in [-0.39, 0.29) is 0 Å². The lowest BCUT2D eigenvalue weighted by Gasteiger charge is -2.18. The van der Waals surface area contributed by atoms with E-state index in [0.29, 0.717) is 6.04 Å². The van der Waals surface area contributed by atoms with E-state index in [2.05, 4.69) is 57.8 Å². The van der Waals surface area contributed by atoms with Gasteiger partial charge in [-0.1, -0.05) is 13.0 Å². The number of aryl methyl sites for hydroxylation is 1. The van der Waals surface area contributed by atoms with Gasteiger partial charge in [0.1, 0.15) is 12.7 Å². The van der Waals surface area contributed by atoms with Gasteiger partial charge in [-0.25, -0.2) is 0 Å². The molecule has 5 heteroatoms. The number of likely N-dealkylation sites (N-methyl/N-ethyl adjacent to an activating group) is 1. The van der Waals surface area contributed by atoms with E-state index in [1.807, 2.05) is 4.57 Å². The van der Waals surface area contributed by atoms with E-state index in [0.717, 1.165) is 18.8 Å². The van der Waals surface area contributed by atoms with E-state index < -0.39 is 0 Å². The number of rotatable bonds is 3. The first-order valence-electron chi connectivity index (χ1n) is 7.95. The van der Waals surface area contributed by atoms with Crippen molar-refractivity contribution in [3.05, 3.63) is 42.6 Å². The van der Waals surface area contributed by atoms with Crippen LogP contribution in [0.3, 0.4) is 0 Å². The first-order valence-corrected chi connectivity index (χ1v) is 7.95. The van der Waals surface area contributed by atoms with Crippen molar-refractivity contribution in [1.82, 2.24) is 24.2 Å². The number of hydrogen-bond donors (Lipinski definition) is 0. The summed E-state index contributed by atoms with van der Waals surface area (Å²) in [6.07, 6.45) is 4.72. The first-order chi connectivity index (χ1) is 10.8. The van der Waals surface area contributed by atoms with Crippen molar-refractivity contribution in [3.63, 3.8) is 0 Å². The molecule has 114 valence electrons. The first kappa shape index (κ1) is 13.5. The van der Waals surface area contributed by atoms with Crippen LogP contribution < -0.4 is 0 Å². The molecule has 0 amide bonds. The van der Waals surface area contributed by atoms with Crippen molar-refractivity contribution in [2.75, 3.05) is 19.6 Å². The summed E-state index contributed by atoms with van der Waals surface area (Å²) >= 11 is 0. The molecule has 3 aromatic rings. The Bertz CT molecular complexity index is 787. The van der Waals surface area contributed by atoms with Gasteiger partial charge >= 0.3 is 0 Å². The number of aromatic nitrogens is 4. The Morgan fingerprint density at radius 1 is 1.18 bits per heavy atom. The molecule has 1 saturated heterocycles. The Hall–Kier alpha value is -2.14. The van der Waals surface area contributed by atoms with Crippen LogP contribution in [0.15, 0.2) is 36.9 Å². The van der Waals surface area contributed by atoms with Gasteiger partial charge in [0.05, 0.1) is 11.2 Å². The van der Waals surface area contributed by atoms with Crippen LogP contribution in [0.2, 0.25) is 0 Å². The molecular weight excluding hydrogens is 274 g/mol. The Balaban J connectivity index is 1.80. The second-order valence-electron chi connectivity index (χ2n) is 6.10. The minimum Gasteiger partial charge on any atom is -0.340 e. The molecule has 0 aliphatic carbocycles. The Kier molecular flexibility index (Phi) is 3.22. The molecule has 0 bridgehead atoms. The highest BCUT2D eigenvalue weighted by molar-refractivity contribution is 5.83. The van der Waals surface area contributed by atoms with Crippen molar-refractivity contribution in [2.24, 2.45) is 0 Å². The molecule has 22 heavy (non-hydrogen) atoms. The highest BCUT2D eigenvalue weighted by atomic mass is 15.2. The summed E-state index contributed by atoms with van der Waals surface area (Å²) in [5.74, 6) is 0. The Morgan fingerprint density at radius 3 is 2.73 bits per heavy atom. The highest BCUT2D eigenvalue weighted by Crippen LogP contribution is 2.30. The zero-order valence-electron chi connectivity index (χ0n) is 13.1. The maximum atomic E-state index is 3.90. The predicted octanol–water partition coefficient (Wildman–Crippen LogP) is 2.80. The van der Waals surface area contributed by atoms with E-state index in [4.69, 9.17) is 0 Å². The van der Waals surface area contributed by atoms with Gasteiger partial charge in [0.25, 0.3) is 0 Å². The molecule has 1 aliphatic heterocycles. The van der Waals surface area contributed by atoms with Crippen LogP contribution in [-0.4, -0.2) is 43.9 Å². The lowest BCUT2D eigenvalue weighted by atomic mass is 10.2. The molecule has 1 aliphatic rings. The Labute approximate surface area is 130 Å². The van der Waals surface area contributed by atoms with Crippen LogP contribution in [0, 0.1) is 6.92 Å². The van der Waals surface area contributed by atoms with Crippen molar-refractivity contribution in [3.8, 4) is 5.69 Å². The van der Waals surface area contributed by atoms with Gasteiger partial charge in [-0.2, -0.15) is 0 Å². The summed E-state index contributed by atoms with van der Waals surface area (Å²) in [6.45, 7) is 7.95. The van der Waals surface area contributed by atoms with Crippen molar-refractivity contribution < 1.29 is 0 Å². The van der Waals surface area contributed by atoms with Gasteiger partial charge in [-0.3, -0.25) is 4.57 Å². The monoisotopic (exact) mass is 295 g/mol. The fourth-order valence-corrected chi connectivity index (χ4v) is 3.64. The van der Waals surface area contributed by atoms with Gasteiger partial charge in [0, 0.05) is 30.2 Å². The minimum atomic E-state index is 0.577. The van der Waals surface area contributed by atoms with Crippen LogP contribution >= 0.6 is 0 Å². The average Bonchev–Trinajstić information content (AvgIpc) is 3.25. The molecule has 0 N–H and O–H groups in total. The topological polar surface area (TPSA) is 38.9 Å². The van der Waals surface area contributed by atoms with E-state index in [1.165, 1.54) is 29.6 Å². The second kappa shape index (κ2) is 5.25. The van der Waals surface area contributed by atoms with Gasteiger partial charge in [0.2, 0.25) is 0 Å². The molecule has 1 unspecified atom stereocenters. The molecule has 4 rings (SSSR count). The third-order valence-electron chi connectivity index (χ3n) is 4.79. The Morgan fingerprint density at radius 2 is 2.00 bits per heavy atom. The zero-order valence-corrected chi connectivity index (χ0v) is 13.1. The quantitative estimate of drug-likeness (QED) is 0.746. The van der Waals surface area contributed by atoms with E-state index in [9.17, 15) is 0 Å². The third kappa shape index (κ3) is 2.13. The molecule has 0 radical (unpaired) electrons. The summed E-state index contributed by atoms with van der Waals surface area (Å²) in [5.41, 5.74) is 3.77. The van der Waals surface area contributed by atoms with Crippen LogP contribution in [0.5, 0.6) is 0 Å². The van der Waals surface area contributed by atoms with Gasteiger partial charge in [-0.15, -0.1) is 10.2 Å². The van der Waals surface area contributed by atoms with Crippen LogP contribution in [0.25, 0.3) is 16.6 Å². The number of benzene rings is 1. The van der Waals surface area contributed by atoms with E-state index >= 15 is 0 Å². The molecule has 0 saturated carbocycles. The lowest BCUT2D eigenvalue weighted by Crippen LogP contribution is -2.21. The normalized spacial score (nSPS) is 19.3. The maximum Gasteiger partial charge on any atom is 0.123 e. The van der Waals surface area contributed by atoms with Crippen molar-refractivity contribution in [1.29, 1.82) is 0 Å². The lowest BCUT2D eigenvalue weighted by molar-refractivity contribution is 0.342. The smallest absolute Gasteiger partial charge is 0.123 e. The molecule has 1 atom stereocenters. The summed E-state index contributed by atoms with van der Waals surface area (Å²) in [7, 11) is 0. The van der Waals surface area contributed by atoms with Crippen molar-refractivity contribution in [2.45, 2.75) is 26.3 Å². The standard InChI is InChI=1S/C17H21N5/c1-3-20-7-6-16(10-20)22-13(2)8-14-4-5-15(9-17(14)22)21-11-18-19-12-21/h4-5,8-9,11-12,16H,3,6-7,10H2,1-2H3. The number of likely N-dealkylation sites (tertiary alicyclic amines) is 1. The fourth-order valence-electron chi connectivity index (χ4n) is 3.64. The molecule has 1 fully saturated rings. The zero-order chi connectivity index (χ0) is 15.1. The minimum absolute atomic E-state index is 0.577. The van der Waals surface area contributed by atoms with Gasteiger partial charge in [0.15, 0.2) is 0 Å². The number of hydrogen-bond acceptors (Lipinski definition) is 3. The SMILES string of the molecule is CCN1CCC(n2c(C)cc3ccc(-n4cnnc4)cc32)C1. The van der Waals surface area contributed by atoms with Gasteiger partial charge in [-0.05, 0) is 38.1 Å².